The van der Waals surface area contributed by atoms with Crippen LogP contribution in [0.25, 0.3) is 0 Å². The summed E-state index contributed by atoms with van der Waals surface area (Å²) in [7, 11) is 0. The fraction of sp³-hybridized carbons (Fsp3) is 0.455. The Morgan fingerprint density at radius 2 is 1.79 bits per heavy atom. The molecule has 0 aliphatic heterocycles. The van der Waals surface area contributed by atoms with Crippen LogP contribution in [-0.2, 0) is 17.6 Å². The van der Waals surface area contributed by atoms with Gasteiger partial charge >= 0.3 is 0 Å². The van der Waals surface area contributed by atoms with Crippen molar-refractivity contribution < 1.29 is 4.79 Å². The van der Waals surface area contributed by atoms with Crippen LogP contribution in [0.4, 0.5) is 5.69 Å². The standard InChI is InChI=1S/C11H16N2O/c1-4-9-6-11(12-8(3)14)7-10(5-2)13-9/h6-7H,4-5H2,1-3H3,(H,12,13,14). The van der Waals surface area contributed by atoms with Crippen LogP contribution < -0.4 is 5.32 Å². The van der Waals surface area contributed by atoms with Crippen molar-refractivity contribution in [3.63, 3.8) is 0 Å². The summed E-state index contributed by atoms with van der Waals surface area (Å²) in [5.41, 5.74) is 2.89. The van der Waals surface area contributed by atoms with Crippen LogP contribution >= 0.6 is 0 Å². The quantitative estimate of drug-likeness (QED) is 0.797. The summed E-state index contributed by atoms with van der Waals surface area (Å²) in [5.74, 6) is -0.0414. The van der Waals surface area contributed by atoms with Crippen molar-refractivity contribution in [3.05, 3.63) is 23.5 Å². The normalized spacial score (nSPS) is 9.93. The summed E-state index contributed by atoms with van der Waals surface area (Å²) in [6.07, 6.45) is 1.78. The van der Waals surface area contributed by atoms with Crippen LogP contribution in [-0.4, -0.2) is 10.9 Å². The first-order chi connectivity index (χ1) is 6.65. The molecule has 0 saturated heterocycles. The van der Waals surface area contributed by atoms with E-state index in [0.29, 0.717) is 0 Å². The van der Waals surface area contributed by atoms with Crippen LogP contribution in [0.1, 0.15) is 32.2 Å². The van der Waals surface area contributed by atoms with Gasteiger partial charge in [0.25, 0.3) is 0 Å². The van der Waals surface area contributed by atoms with Gasteiger partial charge in [0.15, 0.2) is 0 Å². The van der Waals surface area contributed by atoms with Crippen molar-refractivity contribution in [1.29, 1.82) is 0 Å². The van der Waals surface area contributed by atoms with E-state index in [9.17, 15) is 4.79 Å². The monoisotopic (exact) mass is 192 g/mol. The maximum absolute atomic E-state index is 10.9. The molecule has 0 saturated carbocycles. The molecule has 0 radical (unpaired) electrons. The van der Waals surface area contributed by atoms with Gasteiger partial charge in [-0.05, 0) is 25.0 Å². The molecule has 14 heavy (non-hydrogen) atoms. The molecule has 0 aliphatic rings. The van der Waals surface area contributed by atoms with Gasteiger partial charge in [-0.1, -0.05) is 13.8 Å². The molecule has 0 aliphatic carbocycles. The van der Waals surface area contributed by atoms with Crippen molar-refractivity contribution in [2.45, 2.75) is 33.6 Å². The Balaban J connectivity index is 2.98. The minimum absolute atomic E-state index is 0.0414. The molecule has 1 rings (SSSR count). The highest BCUT2D eigenvalue weighted by molar-refractivity contribution is 5.88. The zero-order chi connectivity index (χ0) is 10.6. The number of amides is 1. The van der Waals surface area contributed by atoms with Crippen molar-refractivity contribution in [3.8, 4) is 0 Å². The van der Waals surface area contributed by atoms with Gasteiger partial charge in [-0.3, -0.25) is 9.78 Å². The summed E-state index contributed by atoms with van der Waals surface area (Å²) in [4.78, 5) is 15.3. The molecule has 0 unspecified atom stereocenters. The molecule has 0 spiro atoms. The second-order valence-corrected chi connectivity index (χ2v) is 3.23. The lowest BCUT2D eigenvalue weighted by Gasteiger charge is -2.06. The highest BCUT2D eigenvalue weighted by Gasteiger charge is 2.01. The molecule has 1 aromatic rings. The van der Waals surface area contributed by atoms with Crippen LogP contribution in [0.3, 0.4) is 0 Å². The molecule has 0 atom stereocenters. The van der Waals surface area contributed by atoms with Gasteiger partial charge in [0, 0.05) is 24.0 Å². The first-order valence-electron chi connectivity index (χ1n) is 4.93. The highest BCUT2D eigenvalue weighted by Crippen LogP contribution is 2.12. The van der Waals surface area contributed by atoms with Gasteiger partial charge in [-0.2, -0.15) is 0 Å². The lowest BCUT2D eigenvalue weighted by molar-refractivity contribution is -0.114. The summed E-state index contributed by atoms with van der Waals surface area (Å²) in [6, 6.07) is 3.83. The summed E-state index contributed by atoms with van der Waals surface area (Å²) < 4.78 is 0. The number of aromatic nitrogens is 1. The van der Waals surface area contributed by atoms with E-state index < -0.39 is 0 Å². The fourth-order valence-electron chi connectivity index (χ4n) is 1.29. The first-order valence-corrected chi connectivity index (χ1v) is 4.93. The molecule has 1 heterocycles. The Morgan fingerprint density at radius 1 is 1.29 bits per heavy atom. The summed E-state index contributed by atoms with van der Waals surface area (Å²) in [5, 5.41) is 2.78. The van der Waals surface area contributed by atoms with E-state index in [4.69, 9.17) is 0 Å². The number of aryl methyl sites for hydroxylation is 2. The second kappa shape index (κ2) is 4.74. The van der Waals surface area contributed by atoms with E-state index in [2.05, 4.69) is 24.1 Å². The van der Waals surface area contributed by atoms with Gasteiger partial charge in [0.05, 0.1) is 0 Å². The molecular formula is C11H16N2O. The minimum atomic E-state index is -0.0414. The average Bonchev–Trinajstić information content (AvgIpc) is 2.16. The van der Waals surface area contributed by atoms with Crippen LogP contribution in [0.5, 0.6) is 0 Å². The van der Waals surface area contributed by atoms with E-state index in [1.165, 1.54) is 6.92 Å². The van der Waals surface area contributed by atoms with Crippen molar-refractivity contribution in [1.82, 2.24) is 4.98 Å². The predicted octanol–water partition coefficient (Wildman–Crippen LogP) is 2.16. The maximum Gasteiger partial charge on any atom is 0.221 e. The maximum atomic E-state index is 10.9. The van der Waals surface area contributed by atoms with Crippen LogP contribution in [0, 0.1) is 0 Å². The average molecular weight is 192 g/mol. The number of carbonyl (C=O) groups is 1. The number of hydrogen-bond donors (Lipinski definition) is 1. The zero-order valence-corrected chi connectivity index (χ0v) is 8.92. The van der Waals surface area contributed by atoms with Gasteiger partial charge in [-0.15, -0.1) is 0 Å². The van der Waals surface area contributed by atoms with Crippen molar-refractivity contribution in [2.24, 2.45) is 0 Å². The van der Waals surface area contributed by atoms with E-state index in [-0.39, 0.29) is 5.91 Å². The lowest BCUT2D eigenvalue weighted by atomic mass is 10.2. The Kier molecular flexibility index (Phi) is 3.63. The fourth-order valence-corrected chi connectivity index (χ4v) is 1.29. The first kappa shape index (κ1) is 10.7. The molecule has 0 bridgehead atoms. The SMILES string of the molecule is CCc1cc(NC(C)=O)cc(CC)n1. The third-order valence-corrected chi connectivity index (χ3v) is 1.98. The Labute approximate surface area is 84.6 Å². The second-order valence-electron chi connectivity index (χ2n) is 3.23. The molecule has 3 heteroatoms. The Bertz CT molecular complexity index is 312. The molecule has 76 valence electrons. The molecule has 1 amide bonds. The third-order valence-electron chi connectivity index (χ3n) is 1.98. The van der Waals surface area contributed by atoms with Crippen LogP contribution in [0.15, 0.2) is 12.1 Å². The van der Waals surface area contributed by atoms with Gasteiger partial charge in [0.1, 0.15) is 0 Å². The summed E-state index contributed by atoms with van der Waals surface area (Å²) >= 11 is 0. The lowest BCUT2D eigenvalue weighted by Crippen LogP contribution is -2.07. The molecular weight excluding hydrogens is 176 g/mol. The molecule has 1 N–H and O–H groups in total. The van der Waals surface area contributed by atoms with E-state index in [1.54, 1.807) is 0 Å². The van der Waals surface area contributed by atoms with Crippen molar-refractivity contribution >= 4 is 11.6 Å². The minimum Gasteiger partial charge on any atom is -0.326 e. The van der Waals surface area contributed by atoms with E-state index in [1.807, 2.05) is 12.1 Å². The van der Waals surface area contributed by atoms with Gasteiger partial charge in [0.2, 0.25) is 5.91 Å². The molecule has 3 nitrogen and oxygen atoms in total. The van der Waals surface area contributed by atoms with Gasteiger partial charge < -0.3 is 5.32 Å². The molecule has 1 aromatic heterocycles. The summed E-state index contributed by atoms with van der Waals surface area (Å²) in [6.45, 7) is 5.62. The Hall–Kier alpha value is -1.38. The molecule has 0 aromatic carbocycles. The Morgan fingerprint density at radius 3 is 2.14 bits per heavy atom. The van der Waals surface area contributed by atoms with E-state index >= 15 is 0 Å². The number of pyridine rings is 1. The zero-order valence-electron chi connectivity index (χ0n) is 8.92. The molecule has 0 fully saturated rings. The number of carbonyl (C=O) groups excluding carboxylic acids is 1. The van der Waals surface area contributed by atoms with Gasteiger partial charge in [-0.25, -0.2) is 0 Å². The number of hydrogen-bond acceptors (Lipinski definition) is 2. The van der Waals surface area contributed by atoms with Crippen LogP contribution in [0.2, 0.25) is 0 Å². The van der Waals surface area contributed by atoms with E-state index in [0.717, 1.165) is 29.9 Å². The number of nitrogens with zero attached hydrogens (tertiary/aromatic N) is 1. The number of rotatable bonds is 3. The largest absolute Gasteiger partial charge is 0.326 e. The smallest absolute Gasteiger partial charge is 0.221 e. The topological polar surface area (TPSA) is 42.0 Å². The third kappa shape index (κ3) is 2.83. The van der Waals surface area contributed by atoms with Crippen molar-refractivity contribution in [2.75, 3.05) is 5.32 Å². The highest BCUT2D eigenvalue weighted by atomic mass is 16.1. The number of nitrogens with one attached hydrogen (secondary N) is 1. The predicted molar refractivity (Wildman–Crippen MR) is 57.3 cm³/mol. The number of anilines is 1.